The number of aromatic nitrogens is 2. The molecule has 0 aliphatic carbocycles. The van der Waals surface area contributed by atoms with E-state index < -0.39 is 5.97 Å². The minimum absolute atomic E-state index is 0.0579. The molecule has 1 rings (SSSR count). The van der Waals surface area contributed by atoms with E-state index in [1.807, 2.05) is 0 Å². The maximum absolute atomic E-state index is 10.6. The molecule has 0 spiro atoms. The van der Waals surface area contributed by atoms with Crippen LogP contribution in [-0.2, 0) is 6.54 Å². The van der Waals surface area contributed by atoms with Gasteiger partial charge in [0.2, 0.25) is 0 Å². The van der Waals surface area contributed by atoms with Gasteiger partial charge in [0.1, 0.15) is 0 Å². The van der Waals surface area contributed by atoms with Crippen LogP contribution in [0.2, 0.25) is 0 Å². The van der Waals surface area contributed by atoms with Gasteiger partial charge in [0.15, 0.2) is 5.69 Å². The molecule has 0 saturated heterocycles. The van der Waals surface area contributed by atoms with Crippen molar-refractivity contribution in [3.63, 3.8) is 0 Å². The minimum atomic E-state index is -1.09. The Kier molecular flexibility index (Phi) is 2.35. The molecule has 1 aromatic heterocycles. The standard InChI is InChI=1S/C7H9N3O2/c1-4-3-9-10-6(7(11)12)5(4)2-8/h3H,2,8H2,1H3,(H,11,12). The number of aryl methyl sites for hydroxylation is 1. The van der Waals surface area contributed by atoms with Crippen molar-refractivity contribution in [1.29, 1.82) is 0 Å². The number of nitrogens with zero attached hydrogens (tertiary/aromatic N) is 2. The van der Waals surface area contributed by atoms with Gasteiger partial charge in [-0.2, -0.15) is 5.10 Å². The molecule has 0 saturated carbocycles. The van der Waals surface area contributed by atoms with Crippen LogP contribution in [0.15, 0.2) is 6.20 Å². The van der Waals surface area contributed by atoms with Crippen LogP contribution in [0, 0.1) is 6.92 Å². The van der Waals surface area contributed by atoms with Crippen molar-refractivity contribution in [2.24, 2.45) is 5.73 Å². The molecular weight excluding hydrogens is 158 g/mol. The summed E-state index contributed by atoms with van der Waals surface area (Å²) in [4.78, 5) is 10.6. The third-order valence-corrected chi connectivity index (χ3v) is 1.58. The monoisotopic (exact) mass is 167 g/mol. The summed E-state index contributed by atoms with van der Waals surface area (Å²) >= 11 is 0. The maximum atomic E-state index is 10.6. The molecule has 0 aliphatic rings. The van der Waals surface area contributed by atoms with Crippen molar-refractivity contribution in [3.05, 3.63) is 23.0 Å². The zero-order valence-electron chi connectivity index (χ0n) is 6.61. The first-order valence-corrected chi connectivity index (χ1v) is 3.41. The van der Waals surface area contributed by atoms with Crippen LogP contribution >= 0.6 is 0 Å². The van der Waals surface area contributed by atoms with Crippen molar-refractivity contribution in [2.45, 2.75) is 13.5 Å². The molecular formula is C7H9N3O2. The fourth-order valence-corrected chi connectivity index (χ4v) is 0.928. The van der Waals surface area contributed by atoms with Gasteiger partial charge in [-0.05, 0) is 12.5 Å². The first-order valence-electron chi connectivity index (χ1n) is 3.41. The van der Waals surface area contributed by atoms with Gasteiger partial charge >= 0.3 is 5.97 Å². The van der Waals surface area contributed by atoms with Crippen LogP contribution in [0.4, 0.5) is 0 Å². The average molecular weight is 167 g/mol. The fourth-order valence-electron chi connectivity index (χ4n) is 0.928. The lowest BCUT2D eigenvalue weighted by atomic mass is 10.1. The zero-order valence-corrected chi connectivity index (χ0v) is 6.61. The number of carbonyl (C=O) groups is 1. The largest absolute Gasteiger partial charge is 0.476 e. The number of nitrogens with two attached hydrogens (primary N) is 1. The Morgan fingerprint density at radius 3 is 2.83 bits per heavy atom. The van der Waals surface area contributed by atoms with Crippen LogP contribution in [0.25, 0.3) is 0 Å². The van der Waals surface area contributed by atoms with Crippen LogP contribution < -0.4 is 5.73 Å². The summed E-state index contributed by atoms with van der Waals surface area (Å²) in [6.07, 6.45) is 1.49. The van der Waals surface area contributed by atoms with Gasteiger partial charge in [0.25, 0.3) is 0 Å². The second-order valence-corrected chi connectivity index (χ2v) is 2.36. The molecule has 0 aromatic carbocycles. The highest BCUT2D eigenvalue weighted by Gasteiger charge is 2.12. The highest BCUT2D eigenvalue weighted by atomic mass is 16.4. The molecule has 1 heterocycles. The van der Waals surface area contributed by atoms with E-state index in [1.165, 1.54) is 6.20 Å². The van der Waals surface area contributed by atoms with Gasteiger partial charge in [0.05, 0.1) is 6.20 Å². The highest BCUT2D eigenvalue weighted by molar-refractivity contribution is 5.87. The average Bonchev–Trinajstić information content (AvgIpc) is 2.03. The number of rotatable bonds is 2. The summed E-state index contributed by atoms with van der Waals surface area (Å²) in [7, 11) is 0. The third kappa shape index (κ3) is 1.40. The molecule has 3 N–H and O–H groups in total. The molecule has 0 radical (unpaired) electrons. The van der Waals surface area contributed by atoms with Gasteiger partial charge in [-0.25, -0.2) is 4.79 Å². The Hall–Kier alpha value is -1.49. The molecule has 0 bridgehead atoms. The number of carboxylic acids is 1. The summed E-state index contributed by atoms with van der Waals surface area (Å²) in [6, 6.07) is 0. The Bertz CT molecular complexity index is 312. The van der Waals surface area contributed by atoms with E-state index in [9.17, 15) is 4.79 Å². The number of aromatic carboxylic acids is 1. The van der Waals surface area contributed by atoms with Crippen molar-refractivity contribution >= 4 is 5.97 Å². The lowest BCUT2D eigenvalue weighted by Crippen LogP contribution is -2.12. The smallest absolute Gasteiger partial charge is 0.356 e. The van der Waals surface area contributed by atoms with Gasteiger partial charge in [-0.1, -0.05) is 0 Å². The first-order chi connectivity index (χ1) is 5.66. The lowest BCUT2D eigenvalue weighted by Gasteiger charge is -2.03. The van der Waals surface area contributed by atoms with Crippen LogP contribution in [-0.4, -0.2) is 21.3 Å². The van der Waals surface area contributed by atoms with Crippen molar-refractivity contribution in [1.82, 2.24) is 10.2 Å². The van der Waals surface area contributed by atoms with Gasteiger partial charge in [-0.3, -0.25) is 0 Å². The summed E-state index contributed by atoms with van der Waals surface area (Å²) in [5.41, 5.74) is 6.59. The van der Waals surface area contributed by atoms with E-state index in [2.05, 4.69) is 10.2 Å². The van der Waals surface area contributed by atoms with Crippen molar-refractivity contribution < 1.29 is 9.90 Å². The Labute approximate surface area is 69.2 Å². The number of hydrogen-bond donors (Lipinski definition) is 2. The second kappa shape index (κ2) is 3.27. The van der Waals surface area contributed by atoms with E-state index >= 15 is 0 Å². The van der Waals surface area contributed by atoms with Crippen LogP contribution in [0.3, 0.4) is 0 Å². The Morgan fingerprint density at radius 1 is 1.75 bits per heavy atom. The normalized spacial score (nSPS) is 9.83. The van der Waals surface area contributed by atoms with E-state index in [-0.39, 0.29) is 12.2 Å². The SMILES string of the molecule is Cc1cnnc(C(=O)O)c1CN. The predicted molar refractivity (Wildman–Crippen MR) is 41.6 cm³/mol. The molecule has 64 valence electrons. The fraction of sp³-hybridized carbons (Fsp3) is 0.286. The maximum Gasteiger partial charge on any atom is 0.356 e. The molecule has 0 amide bonds. The number of carboxylic acid groups (broad SMARTS) is 1. The summed E-state index contributed by atoms with van der Waals surface area (Å²) in [5, 5.41) is 15.7. The quantitative estimate of drug-likeness (QED) is 0.644. The van der Waals surface area contributed by atoms with Gasteiger partial charge < -0.3 is 10.8 Å². The van der Waals surface area contributed by atoms with E-state index in [1.54, 1.807) is 6.92 Å². The van der Waals surface area contributed by atoms with Gasteiger partial charge in [0, 0.05) is 12.1 Å². The second-order valence-electron chi connectivity index (χ2n) is 2.36. The molecule has 12 heavy (non-hydrogen) atoms. The topological polar surface area (TPSA) is 89.1 Å². The van der Waals surface area contributed by atoms with Gasteiger partial charge in [-0.15, -0.1) is 5.10 Å². The van der Waals surface area contributed by atoms with E-state index in [0.717, 1.165) is 5.56 Å². The lowest BCUT2D eigenvalue weighted by molar-refractivity contribution is 0.0687. The first kappa shape index (κ1) is 8.61. The molecule has 5 heteroatoms. The molecule has 5 nitrogen and oxygen atoms in total. The Balaban J connectivity index is 3.27. The highest BCUT2D eigenvalue weighted by Crippen LogP contribution is 2.08. The zero-order chi connectivity index (χ0) is 9.14. The van der Waals surface area contributed by atoms with E-state index in [4.69, 9.17) is 10.8 Å². The van der Waals surface area contributed by atoms with Crippen LogP contribution in [0.5, 0.6) is 0 Å². The van der Waals surface area contributed by atoms with E-state index in [0.29, 0.717) is 5.56 Å². The summed E-state index contributed by atoms with van der Waals surface area (Å²) in [5.74, 6) is -1.09. The molecule has 0 atom stereocenters. The molecule has 1 aromatic rings. The molecule has 0 aliphatic heterocycles. The number of hydrogen-bond acceptors (Lipinski definition) is 4. The predicted octanol–water partition coefficient (Wildman–Crippen LogP) is -0.0581. The van der Waals surface area contributed by atoms with Crippen molar-refractivity contribution in [3.8, 4) is 0 Å². The molecule has 0 unspecified atom stereocenters. The van der Waals surface area contributed by atoms with Crippen LogP contribution in [0.1, 0.15) is 21.6 Å². The Morgan fingerprint density at radius 2 is 2.42 bits per heavy atom. The summed E-state index contributed by atoms with van der Waals surface area (Å²) < 4.78 is 0. The summed E-state index contributed by atoms with van der Waals surface area (Å²) in [6.45, 7) is 1.92. The third-order valence-electron chi connectivity index (χ3n) is 1.58. The van der Waals surface area contributed by atoms with Crippen molar-refractivity contribution in [2.75, 3.05) is 0 Å². The minimum Gasteiger partial charge on any atom is -0.476 e. The molecule has 0 fully saturated rings.